The van der Waals surface area contributed by atoms with Crippen molar-refractivity contribution in [1.29, 1.82) is 0 Å². The SMILES string of the molecule is CCOC(=O)c1cc(N)cc(C)c1OC(F)F. The molecule has 0 unspecified atom stereocenters. The van der Waals surface area contributed by atoms with Gasteiger partial charge in [-0.1, -0.05) is 0 Å². The molecule has 0 aliphatic rings. The van der Waals surface area contributed by atoms with Crippen LogP contribution < -0.4 is 10.5 Å². The van der Waals surface area contributed by atoms with Crippen LogP contribution in [0.4, 0.5) is 14.5 Å². The number of halogens is 2. The molecule has 0 aliphatic carbocycles. The number of hydrogen-bond acceptors (Lipinski definition) is 4. The van der Waals surface area contributed by atoms with Crippen LogP contribution in [0.25, 0.3) is 0 Å². The van der Waals surface area contributed by atoms with Gasteiger partial charge in [0.05, 0.1) is 6.61 Å². The normalized spacial score (nSPS) is 10.4. The van der Waals surface area contributed by atoms with E-state index in [9.17, 15) is 13.6 Å². The summed E-state index contributed by atoms with van der Waals surface area (Å²) in [7, 11) is 0. The van der Waals surface area contributed by atoms with E-state index in [1.807, 2.05) is 0 Å². The molecule has 17 heavy (non-hydrogen) atoms. The molecule has 1 aromatic rings. The number of rotatable bonds is 4. The molecule has 2 N–H and O–H groups in total. The van der Waals surface area contributed by atoms with Crippen molar-refractivity contribution in [3.8, 4) is 5.75 Å². The van der Waals surface area contributed by atoms with Crippen LogP contribution in [0.15, 0.2) is 12.1 Å². The number of anilines is 1. The molecule has 1 aromatic carbocycles. The molecular weight excluding hydrogens is 232 g/mol. The highest BCUT2D eigenvalue weighted by Gasteiger charge is 2.19. The van der Waals surface area contributed by atoms with Crippen molar-refractivity contribution in [2.24, 2.45) is 0 Å². The van der Waals surface area contributed by atoms with E-state index in [4.69, 9.17) is 10.5 Å². The summed E-state index contributed by atoms with van der Waals surface area (Å²) < 4.78 is 33.5. The number of benzene rings is 1. The fourth-order valence-corrected chi connectivity index (χ4v) is 1.41. The first-order valence-electron chi connectivity index (χ1n) is 4.97. The molecule has 0 aliphatic heterocycles. The van der Waals surface area contributed by atoms with Crippen molar-refractivity contribution in [3.05, 3.63) is 23.3 Å². The zero-order valence-corrected chi connectivity index (χ0v) is 9.50. The Balaban J connectivity index is 3.19. The minimum absolute atomic E-state index is 0.0929. The molecule has 0 bridgehead atoms. The average molecular weight is 245 g/mol. The number of carbonyl (C=O) groups excluding carboxylic acids is 1. The first-order valence-corrected chi connectivity index (χ1v) is 4.97. The zero-order chi connectivity index (χ0) is 13.0. The van der Waals surface area contributed by atoms with E-state index in [1.165, 1.54) is 19.1 Å². The topological polar surface area (TPSA) is 61.5 Å². The van der Waals surface area contributed by atoms with E-state index in [-0.39, 0.29) is 23.6 Å². The second kappa shape index (κ2) is 5.47. The molecule has 4 nitrogen and oxygen atoms in total. The van der Waals surface area contributed by atoms with E-state index in [0.29, 0.717) is 5.56 Å². The minimum Gasteiger partial charge on any atom is -0.462 e. The Kier molecular flexibility index (Phi) is 4.25. The molecule has 0 atom stereocenters. The minimum atomic E-state index is -3.01. The van der Waals surface area contributed by atoms with Gasteiger partial charge in [-0.05, 0) is 31.5 Å². The molecule has 0 spiro atoms. The van der Waals surface area contributed by atoms with Crippen molar-refractivity contribution in [2.45, 2.75) is 20.5 Å². The van der Waals surface area contributed by atoms with E-state index in [0.717, 1.165) is 0 Å². The number of nitrogen functional groups attached to an aromatic ring is 1. The average Bonchev–Trinajstić information content (AvgIpc) is 2.21. The number of ether oxygens (including phenoxy) is 2. The van der Waals surface area contributed by atoms with Crippen LogP contribution in [0.1, 0.15) is 22.8 Å². The summed E-state index contributed by atoms with van der Waals surface area (Å²) in [5.74, 6) is -0.939. The molecule has 94 valence electrons. The van der Waals surface area contributed by atoms with Gasteiger partial charge >= 0.3 is 12.6 Å². The number of aryl methyl sites for hydroxylation is 1. The second-order valence-electron chi connectivity index (χ2n) is 3.31. The summed E-state index contributed by atoms with van der Waals surface area (Å²) in [4.78, 5) is 11.5. The van der Waals surface area contributed by atoms with Crippen molar-refractivity contribution < 1.29 is 23.0 Å². The first kappa shape index (κ1) is 13.2. The number of esters is 1. The van der Waals surface area contributed by atoms with Crippen LogP contribution in [0.3, 0.4) is 0 Å². The van der Waals surface area contributed by atoms with E-state index < -0.39 is 12.6 Å². The van der Waals surface area contributed by atoms with Gasteiger partial charge in [-0.15, -0.1) is 0 Å². The summed E-state index contributed by atoms with van der Waals surface area (Å²) in [6, 6.07) is 2.70. The predicted octanol–water partition coefficient (Wildman–Crippen LogP) is 2.36. The fourth-order valence-electron chi connectivity index (χ4n) is 1.41. The Bertz CT molecular complexity index is 421. The second-order valence-corrected chi connectivity index (χ2v) is 3.31. The lowest BCUT2D eigenvalue weighted by Gasteiger charge is -2.13. The third kappa shape index (κ3) is 3.30. The number of carbonyl (C=O) groups is 1. The smallest absolute Gasteiger partial charge is 0.387 e. The lowest BCUT2D eigenvalue weighted by atomic mass is 10.1. The monoisotopic (exact) mass is 245 g/mol. The molecular formula is C11H13F2NO3. The third-order valence-electron chi connectivity index (χ3n) is 2.00. The van der Waals surface area contributed by atoms with Crippen LogP contribution in [0.2, 0.25) is 0 Å². The molecule has 1 rings (SSSR count). The van der Waals surface area contributed by atoms with Crippen LogP contribution in [-0.2, 0) is 4.74 Å². The molecule has 0 heterocycles. The highest BCUT2D eigenvalue weighted by Crippen LogP contribution is 2.28. The molecule has 0 fully saturated rings. The van der Waals surface area contributed by atoms with E-state index in [2.05, 4.69) is 4.74 Å². The summed E-state index contributed by atoms with van der Waals surface area (Å²) in [5, 5.41) is 0. The maximum atomic E-state index is 12.2. The largest absolute Gasteiger partial charge is 0.462 e. The van der Waals surface area contributed by atoms with Gasteiger partial charge < -0.3 is 15.2 Å². The molecule has 6 heteroatoms. The first-order chi connectivity index (χ1) is 7.95. The Hall–Kier alpha value is -1.85. The van der Waals surface area contributed by atoms with Gasteiger partial charge in [0.15, 0.2) is 0 Å². The summed E-state index contributed by atoms with van der Waals surface area (Å²) in [6.45, 7) is 0.271. The van der Waals surface area contributed by atoms with Crippen LogP contribution in [-0.4, -0.2) is 19.2 Å². The number of nitrogens with two attached hydrogens (primary N) is 1. The van der Waals surface area contributed by atoms with Crippen molar-refractivity contribution in [3.63, 3.8) is 0 Å². The predicted molar refractivity (Wildman–Crippen MR) is 58.2 cm³/mol. The maximum absolute atomic E-state index is 12.2. The Morgan fingerprint density at radius 1 is 1.47 bits per heavy atom. The third-order valence-corrected chi connectivity index (χ3v) is 2.00. The Morgan fingerprint density at radius 2 is 2.12 bits per heavy atom. The van der Waals surface area contributed by atoms with E-state index in [1.54, 1.807) is 6.92 Å². The lowest BCUT2D eigenvalue weighted by molar-refractivity contribution is -0.0508. The van der Waals surface area contributed by atoms with Gasteiger partial charge in [0.2, 0.25) is 0 Å². The van der Waals surface area contributed by atoms with Gasteiger partial charge in [0, 0.05) is 5.69 Å². The number of hydrogen-bond donors (Lipinski definition) is 1. The van der Waals surface area contributed by atoms with Gasteiger partial charge in [0.25, 0.3) is 0 Å². The molecule has 0 radical (unpaired) electrons. The van der Waals surface area contributed by atoms with Crippen LogP contribution >= 0.6 is 0 Å². The summed E-state index contributed by atoms with van der Waals surface area (Å²) in [5.41, 5.74) is 6.09. The van der Waals surface area contributed by atoms with Crippen molar-refractivity contribution in [1.82, 2.24) is 0 Å². The molecule has 0 saturated heterocycles. The van der Waals surface area contributed by atoms with Gasteiger partial charge in [-0.3, -0.25) is 0 Å². The van der Waals surface area contributed by atoms with Crippen LogP contribution in [0, 0.1) is 6.92 Å². The summed E-state index contributed by atoms with van der Waals surface area (Å²) in [6.07, 6.45) is 0. The maximum Gasteiger partial charge on any atom is 0.387 e. The Morgan fingerprint density at radius 3 is 2.65 bits per heavy atom. The Labute approximate surface area is 97.3 Å². The standard InChI is InChI=1S/C11H13F2NO3/c1-3-16-10(15)8-5-7(14)4-6(2)9(8)17-11(12)13/h4-5,11H,3,14H2,1-2H3. The zero-order valence-electron chi connectivity index (χ0n) is 9.50. The lowest BCUT2D eigenvalue weighted by Crippen LogP contribution is -2.12. The van der Waals surface area contributed by atoms with E-state index >= 15 is 0 Å². The molecule has 0 amide bonds. The number of alkyl halides is 2. The highest BCUT2D eigenvalue weighted by molar-refractivity contribution is 5.94. The fraction of sp³-hybridized carbons (Fsp3) is 0.364. The highest BCUT2D eigenvalue weighted by atomic mass is 19.3. The molecule has 0 saturated carbocycles. The van der Waals surface area contributed by atoms with Gasteiger partial charge in [0.1, 0.15) is 11.3 Å². The molecule has 0 aromatic heterocycles. The van der Waals surface area contributed by atoms with Gasteiger partial charge in [-0.25, -0.2) is 4.79 Å². The van der Waals surface area contributed by atoms with Crippen molar-refractivity contribution in [2.75, 3.05) is 12.3 Å². The summed E-state index contributed by atoms with van der Waals surface area (Å²) >= 11 is 0. The van der Waals surface area contributed by atoms with Crippen molar-refractivity contribution >= 4 is 11.7 Å². The van der Waals surface area contributed by atoms with Gasteiger partial charge in [-0.2, -0.15) is 8.78 Å². The van der Waals surface area contributed by atoms with Crippen LogP contribution in [0.5, 0.6) is 5.75 Å². The quantitative estimate of drug-likeness (QED) is 0.653.